The number of alkyl carbamates (subject to hydrolysis) is 1. The monoisotopic (exact) mass is 663 g/mol. The second-order valence-corrected chi connectivity index (χ2v) is 12.1. The van der Waals surface area contributed by atoms with Crippen LogP contribution in [0.4, 0.5) is 10.5 Å². The number of aliphatic carboxylic acids is 1. The molecule has 3 aromatic rings. The van der Waals surface area contributed by atoms with Gasteiger partial charge in [-0.3, -0.25) is 14.6 Å². The zero-order valence-corrected chi connectivity index (χ0v) is 27.4. The molecule has 11 heteroatoms. The van der Waals surface area contributed by atoms with Gasteiger partial charge in [-0.2, -0.15) is 0 Å². The number of aliphatic imine (C=N–C) groups is 1. The second kappa shape index (κ2) is 16.9. The molecule has 0 saturated carbocycles. The van der Waals surface area contributed by atoms with Gasteiger partial charge in [-0.25, -0.2) is 9.59 Å². The van der Waals surface area contributed by atoms with Crippen molar-refractivity contribution < 1.29 is 29.0 Å². The number of fused-ring (bicyclic) bond motifs is 1. The van der Waals surface area contributed by atoms with Crippen LogP contribution in [0.2, 0.25) is 0 Å². The van der Waals surface area contributed by atoms with E-state index in [1.807, 2.05) is 30.3 Å². The van der Waals surface area contributed by atoms with Gasteiger partial charge in [0.15, 0.2) is 0 Å². The normalized spacial score (nSPS) is 15.4. The number of allylic oxidation sites excluding steroid dienone is 4. The molecule has 0 aromatic heterocycles. The molecule has 0 radical (unpaired) electrons. The van der Waals surface area contributed by atoms with Gasteiger partial charge in [0.2, 0.25) is 5.91 Å². The number of anilines is 1. The van der Waals surface area contributed by atoms with E-state index in [-0.39, 0.29) is 19.1 Å². The lowest BCUT2D eigenvalue weighted by atomic mass is 9.96. The van der Waals surface area contributed by atoms with Gasteiger partial charge in [-0.05, 0) is 53.6 Å². The van der Waals surface area contributed by atoms with E-state index < -0.39 is 24.0 Å². The first kappa shape index (κ1) is 34.6. The summed E-state index contributed by atoms with van der Waals surface area (Å²) in [7, 11) is 0. The third-order valence-electron chi connectivity index (χ3n) is 8.31. The predicted octanol–water partition coefficient (Wildman–Crippen LogP) is 5.45. The number of hydrogen-bond donors (Lipinski definition) is 4. The van der Waals surface area contributed by atoms with E-state index in [1.54, 1.807) is 53.4 Å². The van der Waals surface area contributed by atoms with Crippen molar-refractivity contribution >= 4 is 35.4 Å². The van der Waals surface area contributed by atoms with Crippen molar-refractivity contribution in [2.24, 2.45) is 10.9 Å². The Morgan fingerprint density at radius 3 is 2.47 bits per heavy atom. The van der Waals surface area contributed by atoms with Gasteiger partial charge < -0.3 is 30.7 Å². The summed E-state index contributed by atoms with van der Waals surface area (Å²) in [6.45, 7) is 2.95. The Balaban J connectivity index is 1.17. The zero-order valence-electron chi connectivity index (χ0n) is 27.4. The maximum absolute atomic E-state index is 13.6. The number of carbonyl (C=O) groups is 4. The molecule has 1 aliphatic heterocycles. The average molecular weight is 664 g/mol. The van der Waals surface area contributed by atoms with Crippen molar-refractivity contribution in [1.29, 1.82) is 0 Å². The lowest BCUT2D eigenvalue weighted by Crippen LogP contribution is -2.48. The summed E-state index contributed by atoms with van der Waals surface area (Å²) in [6, 6.07) is 22.3. The number of amides is 3. The standard InChI is InChI=1S/C38H41N5O6/c1-26-11-13-27(14-12-26)17-20-35(44)43(24-34-39-21-31-9-5-6-10-32(31)41-34)23-28-15-18-30(19-16-28)36(45)40-22-33(37(46)47)42-38(48)49-25-29-7-3-2-4-8-29/h2-11,13-16,18-19,26,33H,12,17,20-25H2,1H3,(H,39,41)(H,40,45)(H,42,48)(H,46,47). The molecule has 2 unspecified atom stereocenters. The number of nitrogens with one attached hydrogen (secondary N) is 3. The number of hydrogen-bond acceptors (Lipinski definition) is 7. The fraction of sp³-hybridized carbons (Fsp3) is 0.289. The Labute approximate surface area is 285 Å². The van der Waals surface area contributed by atoms with Crippen molar-refractivity contribution in [1.82, 2.24) is 15.5 Å². The van der Waals surface area contributed by atoms with Crippen LogP contribution >= 0.6 is 0 Å². The van der Waals surface area contributed by atoms with E-state index in [9.17, 15) is 24.3 Å². The van der Waals surface area contributed by atoms with Crippen LogP contribution in [0.5, 0.6) is 0 Å². The van der Waals surface area contributed by atoms with E-state index in [4.69, 9.17) is 4.74 Å². The summed E-state index contributed by atoms with van der Waals surface area (Å²) >= 11 is 0. The highest BCUT2D eigenvalue weighted by Crippen LogP contribution is 2.22. The van der Waals surface area contributed by atoms with Crippen molar-refractivity contribution in [2.75, 3.05) is 18.4 Å². The van der Waals surface area contributed by atoms with Crippen LogP contribution in [0.15, 0.2) is 108 Å². The van der Waals surface area contributed by atoms with Crippen molar-refractivity contribution in [3.63, 3.8) is 0 Å². The number of ether oxygens (including phenoxy) is 1. The molecule has 5 rings (SSSR count). The minimum Gasteiger partial charge on any atom is -0.480 e. The van der Waals surface area contributed by atoms with Crippen LogP contribution in [0, 0.1) is 5.92 Å². The molecule has 11 nitrogen and oxygen atoms in total. The molecule has 2 atom stereocenters. The Kier molecular flexibility index (Phi) is 11.9. The average Bonchev–Trinajstić information content (AvgIpc) is 3.12. The molecule has 0 spiro atoms. The Morgan fingerprint density at radius 2 is 1.73 bits per heavy atom. The maximum Gasteiger partial charge on any atom is 0.408 e. The summed E-state index contributed by atoms with van der Waals surface area (Å²) in [5, 5.41) is 17.8. The molecule has 1 heterocycles. The van der Waals surface area contributed by atoms with Gasteiger partial charge in [0, 0.05) is 30.8 Å². The molecule has 0 bridgehead atoms. The fourth-order valence-corrected chi connectivity index (χ4v) is 5.41. The summed E-state index contributed by atoms with van der Waals surface area (Å²) in [6.07, 6.45) is 7.54. The minimum atomic E-state index is -1.39. The largest absolute Gasteiger partial charge is 0.480 e. The number of amidine groups is 1. The number of carboxylic acid groups (broad SMARTS) is 1. The Bertz CT molecular complexity index is 1730. The first-order valence-corrected chi connectivity index (χ1v) is 16.3. The fourth-order valence-electron chi connectivity index (χ4n) is 5.41. The number of carbonyl (C=O) groups excluding carboxylic acids is 3. The van der Waals surface area contributed by atoms with Crippen molar-refractivity contribution in [2.45, 2.75) is 51.9 Å². The summed E-state index contributed by atoms with van der Waals surface area (Å²) in [4.78, 5) is 56.8. The van der Waals surface area contributed by atoms with E-state index in [1.165, 1.54) is 0 Å². The van der Waals surface area contributed by atoms with E-state index in [0.29, 0.717) is 49.8 Å². The molecular formula is C38H41N5O6. The third-order valence-corrected chi connectivity index (χ3v) is 8.31. The molecule has 3 amide bonds. The highest BCUT2D eigenvalue weighted by Gasteiger charge is 2.23. The van der Waals surface area contributed by atoms with Crippen LogP contribution in [0.25, 0.3) is 0 Å². The number of benzene rings is 3. The molecule has 1 aliphatic carbocycles. The van der Waals surface area contributed by atoms with Gasteiger partial charge in [0.05, 0.1) is 13.1 Å². The summed E-state index contributed by atoms with van der Waals surface area (Å²) in [5.74, 6) is -0.619. The Morgan fingerprint density at radius 1 is 0.980 bits per heavy atom. The number of nitrogens with zero attached hydrogens (tertiary/aromatic N) is 2. The molecule has 0 fully saturated rings. The Hall–Kier alpha value is -5.71. The molecule has 3 aromatic carbocycles. The van der Waals surface area contributed by atoms with Gasteiger partial charge in [-0.1, -0.05) is 91.4 Å². The zero-order chi connectivity index (χ0) is 34.6. The predicted molar refractivity (Wildman–Crippen MR) is 187 cm³/mol. The third kappa shape index (κ3) is 10.4. The molecule has 254 valence electrons. The number of carboxylic acids is 1. The quantitative estimate of drug-likeness (QED) is 0.179. The van der Waals surface area contributed by atoms with E-state index in [0.717, 1.165) is 34.4 Å². The van der Waals surface area contributed by atoms with E-state index in [2.05, 4.69) is 46.1 Å². The smallest absolute Gasteiger partial charge is 0.408 e. The summed E-state index contributed by atoms with van der Waals surface area (Å²) < 4.78 is 5.10. The van der Waals surface area contributed by atoms with Crippen LogP contribution in [-0.2, 0) is 34.0 Å². The molecule has 49 heavy (non-hydrogen) atoms. The van der Waals surface area contributed by atoms with E-state index >= 15 is 0 Å². The summed E-state index contributed by atoms with van der Waals surface area (Å²) in [5.41, 5.74) is 5.11. The van der Waals surface area contributed by atoms with Crippen LogP contribution in [0.3, 0.4) is 0 Å². The minimum absolute atomic E-state index is 0.00684. The lowest BCUT2D eigenvalue weighted by Gasteiger charge is -2.27. The van der Waals surface area contributed by atoms with Crippen molar-refractivity contribution in [3.8, 4) is 0 Å². The number of para-hydroxylation sites is 1. The van der Waals surface area contributed by atoms with Gasteiger partial charge in [0.1, 0.15) is 18.5 Å². The van der Waals surface area contributed by atoms with Crippen molar-refractivity contribution in [3.05, 3.63) is 125 Å². The first-order chi connectivity index (χ1) is 23.7. The maximum atomic E-state index is 13.6. The van der Waals surface area contributed by atoms with Crippen LogP contribution in [-0.4, -0.2) is 58.9 Å². The molecule has 4 N–H and O–H groups in total. The highest BCUT2D eigenvalue weighted by molar-refractivity contribution is 6.00. The topological polar surface area (TPSA) is 149 Å². The molecule has 0 saturated heterocycles. The van der Waals surface area contributed by atoms with Gasteiger partial charge in [-0.15, -0.1) is 0 Å². The molecule has 2 aliphatic rings. The lowest BCUT2D eigenvalue weighted by molar-refractivity contribution is -0.139. The molecular weight excluding hydrogens is 622 g/mol. The highest BCUT2D eigenvalue weighted by atomic mass is 16.5. The van der Waals surface area contributed by atoms with Crippen LogP contribution < -0.4 is 16.0 Å². The first-order valence-electron chi connectivity index (χ1n) is 16.3. The van der Waals surface area contributed by atoms with Crippen LogP contribution in [0.1, 0.15) is 53.2 Å². The second-order valence-electron chi connectivity index (χ2n) is 12.1. The van der Waals surface area contributed by atoms with Gasteiger partial charge >= 0.3 is 12.1 Å². The van der Waals surface area contributed by atoms with Gasteiger partial charge in [0.25, 0.3) is 5.91 Å². The number of rotatable bonds is 14. The SMILES string of the molecule is CC1C=CC(CCC(=O)N(CC2=NCc3ccccc3N2)Cc2ccc(C(=O)NCC(NC(=O)OCc3ccccc3)C(=O)O)cc2)=CC1.